The van der Waals surface area contributed by atoms with Crippen molar-refractivity contribution in [2.75, 3.05) is 5.73 Å². The Morgan fingerprint density at radius 3 is 2.82 bits per heavy atom. The predicted octanol–water partition coefficient (Wildman–Crippen LogP) is 2.25. The molecule has 2 heterocycles. The van der Waals surface area contributed by atoms with Crippen molar-refractivity contribution in [3.8, 4) is 0 Å². The van der Waals surface area contributed by atoms with E-state index in [1.165, 1.54) is 17.8 Å². The number of pyridine rings is 1. The highest BCUT2D eigenvalue weighted by atomic mass is 32.2. The lowest BCUT2D eigenvalue weighted by molar-refractivity contribution is 0.0661. The minimum atomic E-state index is -1.06. The Kier molecular flexibility index (Phi) is 3.34. The molecule has 0 radical (unpaired) electrons. The second-order valence-electron chi connectivity index (χ2n) is 3.28. The van der Waals surface area contributed by atoms with Crippen LogP contribution in [-0.2, 0) is 5.75 Å². The third-order valence-electron chi connectivity index (χ3n) is 2.01. The first-order valence-corrected chi connectivity index (χ1v) is 5.80. The Morgan fingerprint density at radius 2 is 2.24 bits per heavy atom. The standard InChI is InChI=1S/C11H10N2O3S/c12-10-4-2-8(5-13-10)17-6-7-1-3-9(16-7)11(14)15/h1-5H,6H2,(H2,12,13)(H,14,15). The van der Waals surface area contributed by atoms with E-state index in [1.807, 2.05) is 6.07 Å². The zero-order valence-corrected chi connectivity index (χ0v) is 9.61. The molecule has 2 rings (SSSR count). The van der Waals surface area contributed by atoms with Gasteiger partial charge in [0.05, 0.1) is 5.75 Å². The summed E-state index contributed by atoms with van der Waals surface area (Å²) in [6.45, 7) is 0. The maximum atomic E-state index is 10.6. The summed E-state index contributed by atoms with van der Waals surface area (Å²) in [7, 11) is 0. The summed E-state index contributed by atoms with van der Waals surface area (Å²) in [5.74, 6) is 0.537. The monoisotopic (exact) mass is 250 g/mol. The van der Waals surface area contributed by atoms with Gasteiger partial charge < -0.3 is 15.3 Å². The van der Waals surface area contributed by atoms with Crippen molar-refractivity contribution in [2.45, 2.75) is 10.6 Å². The van der Waals surface area contributed by atoms with Crippen LogP contribution >= 0.6 is 11.8 Å². The second-order valence-corrected chi connectivity index (χ2v) is 4.33. The molecule has 2 aromatic heterocycles. The Bertz CT molecular complexity index is 522. The van der Waals surface area contributed by atoms with Crippen LogP contribution in [0.1, 0.15) is 16.3 Å². The van der Waals surface area contributed by atoms with E-state index in [1.54, 1.807) is 18.3 Å². The maximum Gasteiger partial charge on any atom is 0.371 e. The van der Waals surface area contributed by atoms with Crippen molar-refractivity contribution in [1.82, 2.24) is 4.98 Å². The van der Waals surface area contributed by atoms with Crippen molar-refractivity contribution in [3.05, 3.63) is 42.0 Å². The molecule has 0 aromatic carbocycles. The largest absolute Gasteiger partial charge is 0.475 e. The molecule has 0 aliphatic rings. The first kappa shape index (κ1) is 11.5. The Hall–Kier alpha value is -1.95. The number of furan rings is 1. The topological polar surface area (TPSA) is 89.4 Å². The average molecular weight is 250 g/mol. The van der Waals surface area contributed by atoms with E-state index in [4.69, 9.17) is 15.3 Å². The van der Waals surface area contributed by atoms with E-state index in [-0.39, 0.29) is 5.76 Å². The van der Waals surface area contributed by atoms with Crippen LogP contribution in [0.4, 0.5) is 5.82 Å². The molecule has 6 heteroatoms. The number of carbonyl (C=O) groups is 1. The lowest BCUT2D eigenvalue weighted by atomic mass is 10.4. The molecule has 0 aliphatic carbocycles. The van der Waals surface area contributed by atoms with Crippen LogP contribution in [0, 0.1) is 0 Å². The van der Waals surface area contributed by atoms with E-state index >= 15 is 0 Å². The smallest absolute Gasteiger partial charge is 0.371 e. The van der Waals surface area contributed by atoms with Crippen LogP contribution in [0.25, 0.3) is 0 Å². The molecule has 0 unspecified atom stereocenters. The zero-order valence-electron chi connectivity index (χ0n) is 8.79. The number of nitrogens with two attached hydrogens (primary N) is 1. The quantitative estimate of drug-likeness (QED) is 0.809. The summed E-state index contributed by atoms with van der Waals surface area (Å²) in [6.07, 6.45) is 1.67. The van der Waals surface area contributed by atoms with Crippen LogP contribution in [0.3, 0.4) is 0 Å². The summed E-state index contributed by atoms with van der Waals surface area (Å²) in [4.78, 5) is 15.5. The summed E-state index contributed by atoms with van der Waals surface area (Å²) in [5.41, 5.74) is 5.47. The van der Waals surface area contributed by atoms with Crippen LogP contribution in [0.2, 0.25) is 0 Å². The summed E-state index contributed by atoms with van der Waals surface area (Å²) in [5, 5.41) is 8.69. The maximum absolute atomic E-state index is 10.6. The fourth-order valence-corrected chi connectivity index (χ4v) is 1.96. The Labute approximate surface area is 102 Å². The molecule has 2 aromatic rings. The molecule has 17 heavy (non-hydrogen) atoms. The van der Waals surface area contributed by atoms with Crippen molar-refractivity contribution >= 4 is 23.5 Å². The summed E-state index contributed by atoms with van der Waals surface area (Å²) < 4.78 is 5.13. The van der Waals surface area contributed by atoms with Gasteiger partial charge in [0.25, 0.3) is 0 Å². The molecule has 0 spiro atoms. The van der Waals surface area contributed by atoms with Gasteiger partial charge in [0.2, 0.25) is 5.76 Å². The van der Waals surface area contributed by atoms with Gasteiger partial charge in [-0.15, -0.1) is 11.8 Å². The normalized spacial score (nSPS) is 10.4. The number of nitrogen functional groups attached to an aromatic ring is 1. The molecule has 88 valence electrons. The molecule has 0 aliphatic heterocycles. The van der Waals surface area contributed by atoms with Gasteiger partial charge in [-0.1, -0.05) is 0 Å². The molecule has 0 amide bonds. The van der Waals surface area contributed by atoms with E-state index < -0.39 is 5.97 Å². The minimum Gasteiger partial charge on any atom is -0.475 e. The van der Waals surface area contributed by atoms with E-state index in [0.29, 0.717) is 17.3 Å². The number of hydrogen-bond acceptors (Lipinski definition) is 5. The average Bonchev–Trinajstić information content (AvgIpc) is 2.77. The molecule has 0 atom stereocenters. The van der Waals surface area contributed by atoms with E-state index in [9.17, 15) is 4.79 Å². The van der Waals surface area contributed by atoms with Crippen molar-refractivity contribution < 1.29 is 14.3 Å². The van der Waals surface area contributed by atoms with Gasteiger partial charge in [-0.3, -0.25) is 0 Å². The molecule has 0 saturated carbocycles. The molecule has 5 nitrogen and oxygen atoms in total. The third-order valence-corrected chi connectivity index (χ3v) is 3.02. The van der Waals surface area contributed by atoms with Crippen LogP contribution in [0.5, 0.6) is 0 Å². The number of carboxylic acids is 1. The predicted molar refractivity (Wildman–Crippen MR) is 63.9 cm³/mol. The number of anilines is 1. The number of nitrogens with zero attached hydrogens (tertiary/aromatic N) is 1. The number of aromatic nitrogens is 1. The van der Waals surface area contributed by atoms with Crippen LogP contribution in [-0.4, -0.2) is 16.1 Å². The lowest BCUT2D eigenvalue weighted by Gasteiger charge is -1.99. The van der Waals surface area contributed by atoms with Crippen molar-refractivity contribution in [3.63, 3.8) is 0 Å². The van der Waals surface area contributed by atoms with Crippen LogP contribution < -0.4 is 5.73 Å². The van der Waals surface area contributed by atoms with E-state index in [2.05, 4.69) is 4.98 Å². The second kappa shape index (κ2) is 4.92. The third kappa shape index (κ3) is 3.01. The van der Waals surface area contributed by atoms with Gasteiger partial charge in [0, 0.05) is 11.1 Å². The summed E-state index contributed by atoms with van der Waals surface area (Å²) in [6, 6.07) is 6.67. The SMILES string of the molecule is Nc1ccc(SCc2ccc(C(=O)O)o2)cn1. The lowest BCUT2D eigenvalue weighted by Crippen LogP contribution is -1.91. The highest BCUT2D eigenvalue weighted by molar-refractivity contribution is 7.98. The molecule has 3 N–H and O–H groups in total. The number of aromatic carboxylic acids is 1. The highest BCUT2D eigenvalue weighted by Gasteiger charge is 2.08. The van der Waals surface area contributed by atoms with Gasteiger partial charge in [-0.25, -0.2) is 9.78 Å². The molecule has 0 saturated heterocycles. The molecule has 0 bridgehead atoms. The Balaban J connectivity index is 1.97. The van der Waals surface area contributed by atoms with Gasteiger partial charge in [0.15, 0.2) is 0 Å². The first-order valence-electron chi connectivity index (χ1n) is 4.81. The zero-order chi connectivity index (χ0) is 12.3. The highest BCUT2D eigenvalue weighted by Crippen LogP contribution is 2.23. The van der Waals surface area contributed by atoms with Gasteiger partial charge in [0.1, 0.15) is 11.6 Å². The minimum absolute atomic E-state index is 0.0453. The van der Waals surface area contributed by atoms with Gasteiger partial charge in [-0.05, 0) is 24.3 Å². The van der Waals surface area contributed by atoms with Gasteiger partial charge in [-0.2, -0.15) is 0 Å². The summed E-state index contributed by atoms with van der Waals surface area (Å²) >= 11 is 1.50. The van der Waals surface area contributed by atoms with Crippen LogP contribution in [0.15, 0.2) is 39.8 Å². The van der Waals surface area contributed by atoms with Crippen molar-refractivity contribution in [2.24, 2.45) is 0 Å². The molecular weight excluding hydrogens is 240 g/mol. The fraction of sp³-hybridized carbons (Fsp3) is 0.0909. The molecular formula is C11H10N2O3S. The fourth-order valence-electron chi connectivity index (χ4n) is 1.20. The number of hydrogen-bond donors (Lipinski definition) is 2. The van der Waals surface area contributed by atoms with Gasteiger partial charge >= 0.3 is 5.97 Å². The van der Waals surface area contributed by atoms with Crippen molar-refractivity contribution in [1.29, 1.82) is 0 Å². The number of carboxylic acid groups (broad SMARTS) is 1. The Morgan fingerprint density at radius 1 is 1.41 bits per heavy atom. The molecule has 0 fully saturated rings. The number of thioether (sulfide) groups is 1. The number of rotatable bonds is 4. The first-order chi connectivity index (χ1) is 8.15. The van der Waals surface area contributed by atoms with E-state index in [0.717, 1.165) is 4.90 Å².